The zero-order chi connectivity index (χ0) is 15.2. The van der Waals surface area contributed by atoms with Crippen LogP contribution < -0.4 is 0 Å². The van der Waals surface area contributed by atoms with Crippen LogP contribution >= 0.6 is 24.8 Å². The van der Waals surface area contributed by atoms with Gasteiger partial charge in [-0.15, -0.1) is 24.8 Å². The van der Waals surface area contributed by atoms with Crippen LogP contribution in [0.4, 0.5) is 0 Å². The van der Waals surface area contributed by atoms with Crippen LogP contribution in [0.15, 0.2) is 72.9 Å². The van der Waals surface area contributed by atoms with Crippen molar-refractivity contribution < 1.29 is 0 Å². The zero-order valence-electron chi connectivity index (χ0n) is 13.5. The molecule has 0 aliphatic rings. The molecule has 24 heavy (non-hydrogen) atoms. The molecular weight excluding hydrogens is 341 g/mol. The van der Waals surface area contributed by atoms with E-state index >= 15 is 0 Å². The maximum absolute atomic E-state index is 4.67. The van der Waals surface area contributed by atoms with Gasteiger partial charge in [0.15, 0.2) is 5.82 Å². The van der Waals surface area contributed by atoms with Gasteiger partial charge in [0.05, 0.1) is 5.69 Å². The Labute approximate surface area is 155 Å². The molecule has 0 aliphatic carbocycles. The third-order valence-corrected chi connectivity index (χ3v) is 3.47. The average Bonchev–Trinajstić information content (AvgIpc) is 2.57. The van der Waals surface area contributed by atoms with Crippen LogP contribution in [0.2, 0.25) is 0 Å². The van der Waals surface area contributed by atoms with Crippen LogP contribution in [0.25, 0.3) is 11.4 Å². The Morgan fingerprint density at radius 2 is 1.42 bits per heavy atom. The fraction of sp³-hybridized carbons (Fsp3) is 0.158. The first-order valence-electron chi connectivity index (χ1n) is 7.41. The SMILES string of the molecule is CN(Cc1ccccc1)Cc1ccnc(-c2ccccc2)n1.Cl.Cl. The van der Waals surface area contributed by atoms with E-state index in [1.165, 1.54) is 5.56 Å². The maximum atomic E-state index is 4.67. The fourth-order valence-electron chi connectivity index (χ4n) is 2.44. The van der Waals surface area contributed by atoms with Crippen molar-refractivity contribution in [2.24, 2.45) is 0 Å². The van der Waals surface area contributed by atoms with E-state index in [2.05, 4.69) is 46.2 Å². The molecule has 0 fully saturated rings. The van der Waals surface area contributed by atoms with E-state index in [4.69, 9.17) is 0 Å². The second-order valence-corrected chi connectivity index (χ2v) is 5.40. The van der Waals surface area contributed by atoms with Gasteiger partial charge in [-0.05, 0) is 18.7 Å². The third-order valence-electron chi connectivity index (χ3n) is 3.47. The van der Waals surface area contributed by atoms with Crippen LogP contribution in [0.5, 0.6) is 0 Å². The van der Waals surface area contributed by atoms with Gasteiger partial charge in [0, 0.05) is 24.8 Å². The number of rotatable bonds is 5. The molecule has 0 atom stereocenters. The van der Waals surface area contributed by atoms with Gasteiger partial charge in [-0.3, -0.25) is 4.90 Å². The summed E-state index contributed by atoms with van der Waals surface area (Å²) in [4.78, 5) is 11.3. The molecule has 0 bridgehead atoms. The Morgan fingerprint density at radius 3 is 2.08 bits per heavy atom. The first kappa shape index (κ1) is 20.1. The molecule has 0 spiro atoms. The lowest BCUT2D eigenvalue weighted by Gasteiger charge is -2.16. The molecule has 3 aromatic rings. The zero-order valence-corrected chi connectivity index (χ0v) is 15.1. The molecule has 0 N–H and O–H groups in total. The molecule has 0 radical (unpaired) electrons. The maximum Gasteiger partial charge on any atom is 0.159 e. The first-order valence-corrected chi connectivity index (χ1v) is 7.41. The Bertz CT molecular complexity index is 721. The number of hydrogen-bond acceptors (Lipinski definition) is 3. The van der Waals surface area contributed by atoms with Crippen molar-refractivity contribution in [3.05, 3.63) is 84.2 Å². The highest BCUT2D eigenvalue weighted by Gasteiger charge is 2.05. The van der Waals surface area contributed by atoms with Crippen molar-refractivity contribution in [2.45, 2.75) is 13.1 Å². The lowest BCUT2D eigenvalue weighted by atomic mass is 10.2. The Kier molecular flexibility index (Phi) is 8.41. The molecule has 0 saturated heterocycles. The summed E-state index contributed by atoms with van der Waals surface area (Å²) in [7, 11) is 2.11. The number of aromatic nitrogens is 2. The van der Waals surface area contributed by atoms with Crippen molar-refractivity contribution in [2.75, 3.05) is 7.05 Å². The highest BCUT2D eigenvalue weighted by Crippen LogP contribution is 2.14. The van der Waals surface area contributed by atoms with Crippen molar-refractivity contribution in [3.63, 3.8) is 0 Å². The second kappa shape index (κ2) is 10.0. The van der Waals surface area contributed by atoms with Gasteiger partial charge in [-0.2, -0.15) is 0 Å². The summed E-state index contributed by atoms with van der Waals surface area (Å²) >= 11 is 0. The summed E-state index contributed by atoms with van der Waals surface area (Å²) in [5, 5.41) is 0. The summed E-state index contributed by atoms with van der Waals surface area (Å²) in [6.45, 7) is 1.71. The van der Waals surface area contributed by atoms with Crippen LogP contribution in [0, 0.1) is 0 Å². The first-order chi connectivity index (χ1) is 10.8. The average molecular weight is 362 g/mol. The van der Waals surface area contributed by atoms with E-state index in [0.29, 0.717) is 0 Å². The lowest BCUT2D eigenvalue weighted by Crippen LogP contribution is -2.18. The van der Waals surface area contributed by atoms with Gasteiger partial charge in [0.2, 0.25) is 0 Å². The Hall–Kier alpha value is -1.94. The molecule has 0 unspecified atom stereocenters. The van der Waals surface area contributed by atoms with E-state index in [1.807, 2.05) is 48.7 Å². The van der Waals surface area contributed by atoms with Crippen LogP contribution in [0.1, 0.15) is 11.3 Å². The van der Waals surface area contributed by atoms with Crippen LogP contribution in [-0.4, -0.2) is 21.9 Å². The predicted octanol–water partition coefficient (Wildman–Crippen LogP) is 4.62. The molecule has 5 heteroatoms. The molecule has 126 valence electrons. The normalized spacial score (nSPS) is 9.92. The van der Waals surface area contributed by atoms with Gasteiger partial charge in [0.25, 0.3) is 0 Å². The van der Waals surface area contributed by atoms with Gasteiger partial charge in [-0.25, -0.2) is 9.97 Å². The number of hydrogen-bond donors (Lipinski definition) is 0. The standard InChI is InChI=1S/C19H19N3.2ClH/c1-22(14-16-8-4-2-5-9-16)15-18-12-13-20-19(21-18)17-10-6-3-7-11-17;;/h2-13H,14-15H2,1H3;2*1H. The molecule has 1 aromatic heterocycles. The number of benzene rings is 2. The third kappa shape index (κ3) is 5.60. The minimum absolute atomic E-state index is 0. The molecule has 2 aromatic carbocycles. The molecule has 0 aliphatic heterocycles. The number of nitrogens with zero attached hydrogens (tertiary/aromatic N) is 3. The summed E-state index contributed by atoms with van der Waals surface area (Å²) < 4.78 is 0. The summed E-state index contributed by atoms with van der Waals surface area (Å²) in [6.07, 6.45) is 1.83. The molecule has 3 nitrogen and oxygen atoms in total. The largest absolute Gasteiger partial charge is 0.296 e. The molecular formula is C19H21Cl2N3. The summed E-state index contributed by atoms with van der Waals surface area (Å²) in [5.74, 6) is 0.784. The van der Waals surface area contributed by atoms with E-state index in [1.54, 1.807) is 0 Å². The van der Waals surface area contributed by atoms with Gasteiger partial charge >= 0.3 is 0 Å². The van der Waals surface area contributed by atoms with E-state index < -0.39 is 0 Å². The quantitative estimate of drug-likeness (QED) is 0.663. The van der Waals surface area contributed by atoms with Crippen LogP contribution in [-0.2, 0) is 13.1 Å². The number of halogens is 2. The minimum atomic E-state index is 0. The molecule has 3 rings (SSSR count). The van der Waals surface area contributed by atoms with Crippen molar-refractivity contribution >= 4 is 24.8 Å². The fourth-order valence-corrected chi connectivity index (χ4v) is 2.44. The van der Waals surface area contributed by atoms with Gasteiger partial charge in [0.1, 0.15) is 0 Å². The van der Waals surface area contributed by atoms with Crippen molar-refractivity contribution in [1.29, 1.82) is 0 Å². The van der Waals surface area contributed by atoms with Crippen molar-refractivity contribution in [1.82, 2.24) is 14.9 Å². The van der Waals surface area contributed by atoms with Crippen molar-refractivity contribution in [3.8, 4) is 11.4 Å². The minimum Gasteiger partial charge on any atom is -0.296 e. The second-order valence-electron chi connectivity index (χ2n) is 5.40. The topological polar surface area (TPSA) is 29.0 Å². The van der Waals surface area contributed by atoms with Gasteiger partial charge < -0.3 is 0 Å². The highest BCUT2D eigenvalue weighted by atomic mass is 35.5. The monoisotopic (exact) mass is 361 g/mol. The Morgan fingerprint density at radius 1 is 0.792 bits per heavy atom. The Balaban J connectivity index is 0.00000144. The molecule has 0 amide bonds. The highest BCUT2D eigenvalue weighted by molar-refractivity contribution is 5.85. The molecule has 0 saturated carbocycles. The van der Waals surface area contributed by atoms with E-state index in [0.717, 1.165) is 30.2 Å². The summed E-state index contributed by atoms with van der Waals surface area (Å²) in [6, 6.07) is 22.5. The molecule has 1 heterocycles. The lowest BCUT2D eigenvalue weighted by molar-refractivity contribution is 0.315. The van der Waals surface area contributed by atoms with E-state index in [9.17, 15) is 0 Å². The van der Waals surface area contributed by atoms with E-state index in [-0.39, 0.29) is 24.8 Å². The predicted molar refractivity (Wildman–Crippen MR) is 104 cm³/mol. The van der Waals surface area contributed by atoms with Crippen LogP contribution in [0.3, 0.4) is 0 Å². The van der Waals surface area contributed by atoms with Gasteiger partial charge in [-0.1, -0.05) is 60.7 Å². The smallest absolute Gasteiger partial charge is 0.159 e. The summed E-state index contributed by atoms with van der Waals surface area (Å²) in [5.41, 5.74) is 3.39.